The summed E-state index contributed by atoms with van der Waals surface area (Å²) in [6.07, 6.45) is 0. The van der Waals surface area contributed by atoms with Crippen molar-refractivity contribution in [3.63, 3.8) is 0 Å². The summed E-state index contributed by atoms with van der Waals surface area (Å²) in [5.74, 6) is 0. The van der Waals surface area contributed by atoms with Crippen molar-refractivity contribution in [3.8, 4) is 0 Å². The first-order valence-electron chi connectivity index (χ1n) is 3.78. The highest BCUT2D eigenvalue weighted by Gasteiger charge is 2.20. The van der Waals surface area contributed by atoms with Gasteiger partial charge < -0.3 is 0 Å². The molecule has 0 saturated heterocycles. The van der Waals surface area contributed by atoms with Gasteiger partial charge in [-0.05, 0) is 24.6 Å². The molecule has 0 aliphatic carbocycles. The summed E-state index contributed by atoms with van der Waals surface area (Å²) in [7, 11) is -3.30. The molecule has 2 rings (SSSR count). The van der Waals surface area contributed by atoms with Crippen LogP contribution in [0.2, 0.25) is 0 Å². The lowest BCUT2D eigenvalue weighted by Crippen LogP contribution is -1.95. The quantitative estimate of drug-likeness (QED) is 0.704. The van der Waals surface area contributed by atoms with Crippen LogP contribution in [0.4, 0.5) is 5.69 Å². The van der Waals surface area contributed by atoms with Gasteiger partial charge in [0.2, 0.25) is 0 Å². The topological polar surface area (TPSA) is 46.5 Å². The van der Waals surface area contributed by atoms with Crippen LogP contribution in [0.15, 0.2) is 28.1 Å². The average molecular weight is 248 g/mol. The van der Waals surface area contributed by atoms with Crippen LogP contribution in [0.5, 0.6) is 0 Å². The Morgan fingerprint density at radius 1 is 1.43 bits per heavy atom. The fourth-order valence-electron chi connectivity index (χ4n) is 1.22. The summed E-state index contributed by atoms with van der Waals surface area (Å²) < 4.78 is 22.0. The van der Waals surface area contributed by atoms with E-state index < -0.39 is 18.7 Å². The maximum absolute atomic E-state index is 10.9. The SMILES string of the molecule is Cc1ccc2c(c1)S(=S(=O)=O)C(Cl)=N2. The Morgan fingerprint density at radius 2 is 2.14 bits per heavy atom. The predicted octanol–water partition coefficient (Wildman–Crippen LogP) is 2.01. The molecule has 1 aromatic carbocycles. The number of halogens is 1. The Labute approximate surface area is 89.6 Å². The standard InChI is InChI=1S/C8H6ClNO2S2/c1-5-2-3-6-7(4-5)13(14(11)12)8(9)10-6/h2-4H,1H3. The normalized spacial score (nSPS) is 19.0. The van der Waals surface area contributed by atoms with Gasteiger partial charge in [-0.25, -0.2) is 4.99 Å². The lowest BCUT2D eigenvalue weighted by molar-refractivity contribution is 0.628. The smallest absolute Gasteiger partial charge is 0.228 e. The van der Waals surface area contributed by atoms with Gasteiger partial charge >= 0.3 is 0 Å². The minimum absolute atomic E-state index is 0.152. The molecule has 14 heavy (non-hydrogen) atoms. The van der Waals surface area contributed by atoms with E-state index in [1.807, 2.05) is 19.1 Å². The molecule has 0 fully saturated rings. The first kappa shape index (κ1) is 9.89. The highest BCUT2D eigenvalue weighted by Crippen LogP contribution is 2.32. The molecule has 6 heteroatoms. The van der Waals surface area contributed by atoms with Crippen molar-refractivity contribution >= 4 is 40.5 Å². The second-order valence-corrected chi connectivity index (χ2v) is 6.98. The number of hydrogen-bond donors (Lipinski definition) is 0. The third-order valence-electron chi connectivity index (χ3n) is 1.81. The van der Waals surface area contributed by atoms with E-state index in [1.165, 1.54) is 0 Å². The number of fused-ring (bicyclic) bond motifs is 1. The molecule has 1 unspecified atom stereocenters. The Morgan fingerprint density at radius 3 is 2.79 bits per heavy atom. The molecule has 3 nitrogen and oxygen atoms in total. The van der Waals surface area contributed by atoms with Gasteiger partial charge in [-0.3, -0.25) is 0 Å². The van der Waals surface area contributed by atoms with Crippen molar-refractivity contribution in [1.82, 2.24) is 0 Å². The largest absolute Gasteiger partial charge is 0.252 e. The van der Waals surface area contributed by atoms with Gasteiger partial charge in [0, 0.05) is 14.3 Å². The maximum Gasteiger partial charge on any atom is 0.252 e. The zero-order valence-corrected chi connectivity index (χ0v) is 9.58. The molecule has 1 atom stereocenters. The molecule has 1 aliphatic rings. The lowest BCUT2D eigenvalue weighted by Gasteiger charge is -1.97. The number of hydrogen-bond acceptors (Lipinski definition) is 3. The van der Waals surface area contributed by atoms with Crippen LogP contribution in [0.25, 0.3) is 0 Å². The van der Waals surface area contributed by atoms with Crippen molar-refractivity contribution in [2.45, 2.75) is 11.8 Å². The molecular weight excluding hydrogens is 242 g/mol. The maximum atomic E-state index is 10.9. The summed E-state index contributed by atoms with van der Waals surface area (Å²) in [6.45, 7) is 1.90. The van der Waals surface area contributed by atoms with Gasteiger partial charge in [-0.15, -0.1) is 0 Å². The summed E-state index contributed by atoms with van der Waals surface area (Å²) in [6, 6.07) is 5.48. The second-order valence-electron chi connectivity index (χ2n) is 2.81. The van der Waals surface area contributed by atoms with Gasteiger partial charge in [0.05, 0.1) is 5.69 Å². The third kappa shape index (κ3) is 1.51. The Bertz CT molecular complexity index is 567. The molecule has 0 bridgehead atoms. The zero-order valence-electron chi connectivity index (χ0n) is 7.19. The molecule has 1 heterocycles. The number of benzene rings is 1. The number of aryl methyl sites for hydroxylation is 1. The van der Waals surface area contributed by atoms with E-state index in [4.69, 9.17) is 11.6 Å². The molecule has 0 spiro atoms. The van der Waals surface area contributed by atoms with E-state index in [-0.39, 0.29) is 4.50 Å². The second kappa shape index (κ2) is 3.49. The molecule has 1 aromatic rings. The molecule has 0 radical (unpaired) electrons. The predicted molar refractivity (Wildman–Crippen MR) is 58.7 cm³/mol. The fraction of sp³-hybridized carbons (Fsp3) is 0.125. The van der Waals surface area contributed by atoms with E-state index >= 15 is 0 Å². The molecular formula is C8H6ClNO2S2. The van der Waals surface area contributed by atoms with Crippen molar-refractivity contribution in [3.05, 3.63) is 23.8 Å². The summed E-state index contributed by atoms with van der Waals surface area (Å²) in [4.78, 5) is 4.69. The molecule has 0 N–H and O–H groups in total. The number of aliphatic imine (C=N–C) groups is 1. The molecule has 0 saturated carbocycles. The molecule has 0 aromatic heterocycles. The number of rotatable bonds is 0. The summed E-state index contributed by atoms with van der Waals surface area (Å²) in [5.41, 5.74) is 1.67. The van der Waals surface area contributed by atoms with Crippen molar-refractivity contribution in [1.29, 1.82) is 0 Å². The van der Waals surface area contributed by atoms with Crippen LogP contribution in [0.3, 0.4) is 0 Å². The molecule has 1 aliphatic heterocycles. The highest BCUT2D eigenvalue weighted by molar-refractivity contribution is 8.43. The molecule has 74 valence electrons. The molecule has 0 amide bonds. The van der Waals surface area contributed by atoms with Crippen LogP contribution in [-0.2, 0) is 18.7 Å². The Hall–Kier alpha value is -0.650. The van der Waals surface area contributed by atoms with E-state index in [0.29, 0.717) is 10.6 Å². The van der Waals surface area contributed by atoms with Gasteiger partial charge in [-0.2, -0.15) is 8.42 Å². The third-order valence-corrected chi connectivity index (χ3v) is 5.86. The van der Waals surface area contributed by atoms with Crippen molar-refractivity contribution < 1.29 is 8.42 Å². The Balaban J connectivity index is 2.82. The van der Waals surface area contributed by atoms with Gasteiger partial charge in [0.1, 0.15) is 0 Å². The minimum atomic E-state index is -2.23. The van der Waals surface area contributed by atoms with Crippen molar-refractivity contribution in [2.75, 3.05) is 0 Å². The van der Waals surface area contributed by atoms with Crippen LogP contribution in [0, 0.1) is 6.92 Å². The van der Waals surface area contributed by atoms with E-state index in [1.54, 1.807) is 6.07 Å². The Kier molecular flexibility index (Phi) is 2.47. The zero-order chi connectivity index (χ0) is 10.3. The van der Waals surface area contributed by atoms with Crippen LogP contribution in [-0.4, -0.2) is 12.9 Å². The van der Waals surface area contributed by atoms with E-state index in [2.05, 4.69) is 4.99 Å². The first-order chi connectivity index (χ1) is 6.59. The van der Waals surface area contributed by atoms with E-state index in [0.717, 1.165) is 5.56 Å². The summed E-state index contributed by atoms with van der Waals surface area (Å²) >= 11 is 5.76. The van der Waals surface area contributed by atoms with Crippen LogP contribution < -0.4 is 0 Å². The lowest BCUT2D eigenvalue weighted by atomic mass is 10.2. The fourth-order valence-corrected chi connectivity index (χ4v) is 4.53. The number of nitrogens with zero attached hydrogens (tertiary/aromatic N) is 1. The van der Waals surface area contributed by atoms with E-state index in [9.17, 15) is 8.42 Å². The minimum Gasteiger partial charge on any atom is -0.228 e. The highest BCUT2D eigenvalue weighted by atomic mass is 35.5. The summed E-state index contributed by atoms with van der Waals surface area (Å²) in [5, 5.41) is 0. The average Bonchev–Trinajstić information content (AvgIpc) is 2.40. The van der Waals surface area contributed by atoms with Crippen LogP contribution in [0.1, 0.15) is 5.56 Å². The van der Waals surface area contributed by atoms with Crippen LogP contribution >= 0.6 is 11.6 Å². The first-order valence-corrected chi connectivity index (χ1v) is 6.98. The van der Waals surface area contributed by atoms with Crippen molar-refractivity contribution in [2.24, 2.45) is 4.99 Å². The van der Waals surface area contributed by atoms with Gasteiger partial charge in [0.25, 0.3) is 9.26 Å². The van der Waals surface area contributed by atoms with Gasteiger partial charge in [-0.1, -0.05) is 17.7 Å². The monoisotopic (exact) mass is 247 g/mol. The van der Waals surface area contributed by atoms with Gasteiger partial charge in [0.15, 0.2) is 4.50 Å².